The molecule has 0 bridgehead atoms. The van der Waals surface area contributed by atoms with Crippen molar-refractivity contribution in [2.45, 2.75) is 31.8 Å². The third kappa shape index (κ3) is 24.3. The highest BCUT2D eigenvalue weighted by molar-refractivity contribution is 8.77. The summed E-state index contributed by atoms with van der Waals surface area (Å²) in [6.07, 6.45) is 0.639. The van der Waals surface area contributed by atoms with Crippen LogP contribution in [0.2, 0.25) is 0 Å². The molecule has 0 spiro atoms. The molecule has 4 amide bonds. The van der Waals surface area contributed by atoms with Crippen molar-refractivity contribution in [3.05, 3.63) is 0 Å². The number of hydrogen-bond donors (Lipinski definition) is 9. The summed E-state index contributed by atoms with van der Waals surface area (Å²) in [5, 5.41) is 18.2. The van der Waals surface area contributed by atoms with Crippen molar-refractivity contribution in [3.8, 4) is 0 Å². The molecule has 18 heteroatoms. The average Bonchev–Trinajstić information content (AvgIpc) is 2.82. The lowest BCUT2D eigenvalue weighted by molar-refractivity contribution is -0.137. The van der Waals surface area contributed by atoms with E-state index in [-0.39, 0.29) is 49.9 Å². The molecule has 2 atom stereocenters. The summed E-state index contributed by atoms with van der Waals surface area (Å²) in [4.78, 5) is 54.8. The molecule has 0 fully saturated rings. The predicted molar refractivity (Wildman–Crippen MR) is 149 cm³/mol. The molecule has 0 aliphatic rings. The van der Waals surface area contributed by atoms with Crippen LogP contribution in [0, 0.1) is 0 Å². The van der Waals surface area contributed by atoms with Crippen molar-refractivity contribution >= 4 is 72.8 Å². The molecule has 0 radical (unpaired) electrons. The molecule has 36 heavy (non-hydrogen) atoms. The normalized spacial score (nSPS) is 11.8. The molecular weight excluding hydrogens is 553 g/mol. The number of carbonyl (C=O) groups is 5. The number of nitrogens with two attached hydrogens (primary N) is 4. The Labute approximate surface area is 226 Å². The van der Waals surface area contributed by atoms with Gasteiger partial charge in [0.25, 0.3) is 0 Å². The zero-order valence-corrected chi connectivity index (χ0v) is 23.4. The van der Waals surface area contributed by atoms with Gasteiger partial charge in [-0.05, 0) is 6.92 Å². The Morgan fingerprint density at radius 1 is 0.722 bits per heavy atom. The minimum absolute atomic E-state index is 0.0497. The maximum Gasteiger partial charge on any atom is 0.322 e. The maximum absolute atomic E-state index is 11.3. The molecule has 13 N–H and O–H groups in total. The van der Waals surface area contributed by atoms with Crippen LogP contribution in [0.1, 0.15) is 19.8 Å². The zero-order chi connectivity index (χ0) is 27.8. The lowest BCUT2D eigenvalue weighted by Gasteiger charge is -2.10. The van der Waals surface area contributed by atoms with Gasteiger partial charge in [-0.3, -0.25) is 24.0 Å². The van der Waals surface area contributed by atoms with E-state index in [2.05, 4.69) is 21.3 Å². The SMILES string of the molecule is CCNC(=O)[C@@H](N)CSSCCC(=O)NCN.NCNC(=O)[C@@H](N)CSSCCC(=O)NCC(=O)O. The summed E-state index contributed by atoms with van der Waals surface area (Å²) in [5.41, 5.74) is 21.5. The first kappa shape index (κ1) is 36.7. The quantitative estimate of drug-likeness (QED) is 0.0431. The van der Waals surface area contributed by atoms with Crippen LogP contribution in [-0.2, 0) is 24.0 Å². The van der Waals surface area contributed by atoms with Gasteiger partial charge in [0.05, 0.1) is 25.4 Å². The molecule has 0 saturated carbocycles. The number of amides is 4. The van der Waals surface area contributed by atoms with Crippen LogP contribution >= 0.6 is 43.2 Å². The summed E-state index contributed by atoms with van der Waals surface area (Å²) in [5.74, 6) is 0.236. The van der Waals surface area contributed by atoms with Gasteiger partial charge in [0.1, 0.15) is 6.54 Å². The standard InChI is InChI=1S/C9H18N4O4S2.C9H20N4O2S2/c10-5-13-9(17)6(11)4-19-18-2-1-7(14)12-3-8(15)16;1-2-12-9(15)7(11)5-17-16-4-3-8(14)13-6-10/h6H,1-5,10-11H2,(H,12,14)(H,13,17)(H,15,16);7H,2-6,10-11H2,1H3,(H,12,15)(H,13,14)/t6-;7-/m00/s1. The molecule has 0 heterocycles. The topological polar surface area (TPSA) is 258 Å². The van der Waals surface area contributed by atoms with Crippen LogP contribution < -0.4 is 44.2 Å². The lowest BCUT2D eigenvalue weighted by atomic mass is 10.3. The van der Waals surface area contributed by atoms with Gasteiger partial charge in [0, 0.05) is 42.4 Å². The molecule has 0 aliphatic carbocycles. The van der Waals surface area contributed by atoms with Crippen LogP contribution in [0.4, 0.5) is 0 Å². The molecule has 0 aromatic heterocycles. The van der Waals surface area contributed by atoms with E-state index < -0.39 is 18.1 Å². The van der Waals surface area contributed by atoms with Crippen LogP contribution in [0.15, 0.2) is 0 Å². The van der Waals surface area contributed by atoms with Gasteiger partial charge in [-0.25, -0.2) is 0 Å². The van der Waals surface area contributed by atoms with Crippen molar-refractivity contribution in [1.29, 1.82) is 0 Å². The van der Waals surface area contributed by atoms with E-state index in [1.807, 2.05) is 6.92 Å². The fraction of sp³-hybridized carbons (Fsp3) is 0.722. The van der Waals surface area contributed by atoms with Crippen LogP contribution in [0.5, 0.6) is 0 Å². The Morgan fingerprint density at radius 3 is 1.58 bits per heavy atom. The first-order valence-electron chi connectivity index (χ1n) is 10.8. The highest BCUT2D eigenvalue weighted by Gasteiger charge is 2.13. The fourth-order valence-corrected chi connectivity index (χ4v) is 6.01. The molecule has 0 unspecified atom stereocenters. The number of carboxylic acid groups (broad SMARTS) is 1. The van der Waals surface area contributed by atoms with Gasteiger partial charge >= 0.3 is 5.97 Å². The highest BCUT2D eigenvalue weighted by atomic mass is 33.1. The van der Waals surface area contributed by atoms with Crippen molar-refractivity contribution in [3.63, 3.8) is 0 Å². The third-order valence-electron chi connectivity index (χ3n) is 3.52. The Kier molecular flexibility index (Phi) is 25.8. The van der Waals surface area contributed by atoms with Gasteiger partial charge < -0.3 is 49.3 Å². The minimum Gasteiger partial charge on any atom is -0.480 e. The van der Waals surface area contributed by atoms with Crippen molar-refractivity contribution in [2.24, 2.45) is 22.9 Å². The zero-order valence-electron chi connectivity index (χ0n) is 20.2. The first-order chi connectivity index (χ1) is 17.1. The van der Waals surface area contributed by atoms with Gasteiger partial charge in [0.2, 0.25) is 23.6 Å². The number of hydrogen-bond acceptors (Lipinski definition) is 13. The molecule has 0 aromatic carbocycles. The number of carbonyl (C=O) groups excluding carboxylic acids is 4. The minimum atomic E-state index is -1.08. The predicted octanol–water partition coefficient (Wildman–Crippen LogP) is -2.43. The van der Waals surface area contributed by atoms with Crippen LogP contribution in [-0.4, -0.2) is 96.2 Å². The molecular formula is C18H38N8O6S4. The molecule has 210 valence electrons. The van der Waals surface area contributed by atoms with Crippen molar-refractivity contribution in [1.82, 2.24) is 21.3 Å². The first-order valence-corrected chi connectivity index (χ1v) is 15.8. The number of rotatable bonds is 19. The highest BCUT2D eigenvalue weighted by Crippen LogP contribution is 2.23. The number of likely N-dealkylation sites (N-methyl/N-ethyl adjacent to an activating group) is 1. The van der Waals surface area contributed by atoms with Gasteiger partial charge in [-0.2, -0.15) is 0 Å². The van der Waals surface area contributed by atoms with Gasteiger partial charge in [-0.1, -0.05) is 43.2 Å². The number of nitrogens with one attached hydrogen (secondary N) is 4. The second kappa shape index (κ2) is 25.2. The summed E-state index contributed by atoms with van der Waals surface area (Å²) in [6.45, 7) is 2.28. The van der Waals surface area contributed by atoms with E-state index in [1.54, 1.807) is 0 Å². The summed E-state index contributed by atoms with van der Waals surface area (Å²) in [7, 11) is 5.79. The Bertz CT molecular complexity index is 665. The van der Waals surface area contributed by atoms with E-state index >= 15 is 0 Å². The second-order valence-corrected chi connectivity index (χ2v) is 11.8. The average molecular weight is 591 g/mol. The Hall–Kier alpha value is -1.41. The largest absolute Gasteiger partial charge is 0.480 e. The summed E-state index contributed by atoms with van der Waals surface area (Å²) < 4.78 is 0. The molecule has 0 aromatic rings. The summed E-state index contributed by atoms with van der Waals surface area (Å²) in [6, 6.07) is -1.13. The van der Waals surface area contributed by atoms with Crippen molar-refractivity contribution in [2.75, 3.05) is 49.4 Å². The lowest BCUT2D eigenvalue weighted by Crippen LogP contribution is -2.44. The monoisotopic (exact) mass is 590 g/mol. The van der Waals surface area contributed by atoms with E-state index in [4.69, 9.17) is 28.0 Å². The van der Waals surface area contributed by atoms with Crippen LogP contribution in [0.25, 0.3) is 0 Å². The fourth-order valence-electron chi connectivity index (χ4n) is 1.78. The second-order valence-electron chi connectivity index (χ2n) is 6.54. The summed E-state index contributed by atoms with van der Waals surface area (Å²) >= 11 is 0. The molecule has 0 saturated heterocycles. The van der Waals surface area contributed by atoms with E-state index in [9.17, 15) is 24.0 Å². The molecule has 14 nitrogen and oxygen atoms in total. The third-order valence-corrected chi connectivity index (χ3v) is 8.41. The smallest absolute Gasteiger partial charge is 0.322 e. The molecule has 0 aliphatic heterocycles. The Balaban J connectivity index is 0. The van der Waals surface area contributed by atoms with Gasteiger partial charge in [-0.15, -0.1) is 0 Å². The molecule has 0 rings (SSSR count). The van der Waals surface area contributed by atoms with E-state index in [0.717, 1.165) is 0 Å². The Morgan fingerprint density at radius 2 is 1.17 bits per heavy atom. The number of aliphatic carboxylic acids is 1. The van der Waals surface area contributed by atoms with Crippen LogP contribution in [0.3, 0.4) is 0 Å². The van der Waals surface area contributed by atoms with Crippen molar-refractivity contribution < 1.29 is 29.1 Å². The van der Waals surface area contributed by atoms with E-state index in [0.29, 0.717) is 36.0 Å². The number of carboxylic acids is 1. The maximum atomic E-state index is 11.3. The van der Waals surface area contributed by atoms with E-state index in [1.165, 1.54) is 43.2 Å². The van der Waals surface area contributed by atoms with Gasteiger partial charge in [0.15, 0.2) is 0 Å².